The number of rotatable bonds is 5. The first kappa shape index (κ1) is 14.5. The summed E-state index contributed by atoms with van der Waals surface area (Å²) in [7, 11) is 0. The molecule has 2 rings (SSSR count). The average Bonchev–Trinajstić information content (AvgIpc) is 2.64. The molecule has 2 atom stereocenters. The minimum absolute atomic E-state index is 0.00183. The van der Waals surface area contributed by atoms with Crippen LogP contribution in [-0.4, -0.2) is 42.9 Å². The van der Waals surface area contributed by atoms with Gasteiger partial charge in [0.05, 0.1) is 38.0 Å². The van der Waals surface area contributed by atoms with E-state index in [1.165, 1.54) is 9.80 Å². The third-order valence-corrected chi connectivity index (χ3v) is 4.66. The van der Waals surface area contributed by atoms with Gasteiger partial charge in [-0.25, -0.2) is 0 Å². The molecule has 0 aromatic rings. The van der Waals surface area contributed by atoms with Crippen LogP contribution in [-0.2, 0) is 9.59 Å². The Hall–Kier alpha value is -0.870. The standard InChI is InChI=1S/C14H21ClN2O2/c1-3-16(4-2)7-8-17-13(18)11-6-5-10(15)9-12(11)14(17)19/h5,11-12H,3-4,6-9H2,1-2H3/p+1/t11-,12-/m1/s1. The predicted octanol–water partition coefficient (Wildman–Crippen LogP) is 0.429. The highest BCUT2D eigenvalue weighted by Crippen LogP contribution is 2.38. The maximum atomic E-state index is 12.3. The number of halogens is 1. The molecule has 1 fully saturated rings. The first-order chi connectivity index (χ1) is 9.08. The molecule has 5 heteroatoms. The number of allylic oxidation sites excluding steroid dienone is 2. The highest BCUT2D eigenvalue weighted by Gasteiger charge is 2.48. The van der Waals surface area contributed by atoms with Crippen molar-refractivity contribution < 1.29 is 14.5 Å². The van der Waals surface area contributed by atoms with Crippen LogP contribution in [0.2, 0.25) is 0 Å². The van der Waals surface area contributed by atoms with Crippen molar-refractivity contribution >= 4 is 23.4 Å². The lowest BCUT2D eigenvalue weighted by atomic mass is 9.85. The third kappa shape index (κ3) is 2.84. The molecule has 0 aromatic carbocycles. The summed E-state index contributed by atoms with van der Waals surface area (Å²) in [5.74, 6) is -0.395. The number of fused-ring (bicyclic) bond motifs is 1. The van der Waals surface area contributed by atoms with Crippen molar-refractivity contribution in [3.8, 4) is 0 Å². The van der Waals surface area contributed by atoms with Crippen LogP contribution in [0.3, 0.4) is 0 Å². The molecule has 4 nitrogen and oxygen atoms in total. The Morgan fingerprint density at radius 3 is 2.53 bits per heavy atom. The number of nitrogens with zero attached hydrogens (tertiary/aromatic N) is 1. The van der Waals surface area contributed by atoms with Crippen molar-refractivity contribution in [2.75, 3.05) is 26.2 Å². The van der Waals surface area contributed by atoms with Gasteiger partial charge in [0, 0.05) is 5.03 Å². The Balaban J connectivity index is 2.00. The van der Waals surface area contributed by atoms with Crippen LogP contribution in [0.1, 0.15) is 26.7 Å². The van der Waals surface area contributed by atoms with Crippen LogP contribution in [0.25, 0.3) is 0 Å². The summed E-state index contributed by atoms with van der Waals surface area (Å²) in [6.45, 7) is 7.66. The Bertz CT molecular complexity index is 404. The Morgan fingerprint density at radius 2 is 1.89 bits per heavy atom. The molecule has 2 aliphatic rings. The predicted molar refractivity (Wildman–Crippen MR) is 73.8 cm³/mol. The molecule has 19 heavy (non-hydrogen) atoms. The smallest absolute Gasteiger partial charge is 0.233 e. The van der Waals surface area contributed by atoms with Crippen LogP contribution in [0, 0.1) is 11.8 Å². The molecule has 1 saturated heterocycles. The van der Waals surface area contributed by atoms with Crippen molar-refractivity contribution in [3.05, 3.63) is 11.1 Å². The largest absolute Gasteiger partial charge is 0.334 e. The summed E-state index contributed by atoms with van der Waals surface area (Å²) in [5.41, 5.74) is 0. The van der Waals surface area contributed by atoms with E-state index in [-0.39, 0.29) is 23.7 Å². The summed E-state index contributed by atoms with van der Waals surface area (Å²) >= 11 is 5.99. The lowest BCUT2D eigenvalue weighted by Crippen LogP contribution is -3.12. The van der Waals surface area contributed by atoms with Gasteiger partial charge in [-0.15, -0.1) is 0 Å². The number of hydrogen-bond donors (Lipinski definition) is 1. The van der Waals surface area contributed by atoms with E-state index in [2.05, 4.69) is 13.8 Å². The van der Waals surface area contributed by atoms with Gasteiger partial charge in [-0.1, -0.05) is 17.7 Å². The van der Waals surface area contributed by atoms with Crippen LogP contribution < -0.4 is 4.90 Å². The van der Waals surface area contributed by atoms with Gasteiger partial charge < -0.3 is 4.90 Å². The number of nitrogens with one attached hydrogen (secondary N) is 1. The second-order valence-electron chi connectivity index (χ2n) is 5.34. The maximum absolute atomic E-state index is 12.3. The quantitative estimate of drug-likeness (QED) is 0.745. The molecule has 106 valence electrons. The normalized spacial score (nSPS) is 26.9. The van der Waals surface area contributed by atoms with E-state index in [1.807, 2.05) is 6.08 Å². The Morgan fingerprint density at radius 1 is 1.26 bits per heavy atom. The highest BCUT2D eigenvalue weighted by molar-refractivity contribution is 6.30. The Kier molecular flexibility index (Phi) is 4.63. The van der Waals surface area contributed by atoms with Crippen LogP contribution in [0.5, 0.6) is 0 Å². The molecule has 0 spiro atoms. The van der Waals surface area contributed by atoms with Gasteiger partial charge in [0.2, 0.25) is 11.8 Å². The number of carbonyl (C=O) groups is 2. The first-order valence-electron chi connectivity index (χ1n) is 7.11. The zero-order valence-corrected chi connectivity index (χ0v) is 12.4. The van der Waals surface area contributed by atoms with Gasteiger partial charge in [0.25, 0.3) is 0 Å². The van der Waals surface area contributed by atoms with Crippen molar-refractivity contribution in [3.63, 3.8) is 0 Å². The van der Waals surface area contributed by atoms with Crippen molar-refractivity contribution in [1.82, 2.24) is 4.90 Å². The molecule has 1 heterocycles. The van der Waals surface area contributed by atoms with Crippen molar-refractivity contribution in [1.29, 1.82) is 0 Å². The minimum atomic E-state index is -0.211. The minimum Gasteiger partial charge on any atom is -0.334 e. The fourth-order valence-electron chi connectivity index (χ4n) is 2.99. The number of carbonyl (C=O) groups excluding carboxylic acids is 2. The second kappa shape index (κ2) is 6.06. The number of hydrogen-bond acceptors (Lipinski definition) is 2. The van der Waals surface area contributed by atoms with E-state index in [0.717, 1.165) is 24.7 Å². The highest BCUT2D eigenvalue weighted by atomic mass is 35.5. The molecule has 2 amide bonds. The van der Waals surface area contributed by atoms with E-state index in [4.69, 9.17) is 11.6 Å². The Labute approximate surface area is 119 Å². The molecule has 0 bridgehead atoms. The van der Waals surface area contributed by atoms with Crippen LogP contribution in [0.4, 0.5) is 0 Å². The van der Waals surface area contributed by atoms with Gasteiger partial charge in [0.15, 0.2) is 0 Å². The molecule has 0 unspecified atom stereocenters. The first-order valence-corrected chi connectivity index (χ1v) is 7.49. The zero-order chi connectivity index (χ0) is 14.0. The monoisotopic (exact) mass is 285 g/mol. The van der Waals surface area contributed by atoms with E-state index in [0.29, 0.717) is 19.4 Å². The molecule has 1 aliphatic carbocycles. The van der Waals surface area contributed by atoms with Crippen LogP contribution >= 0.6 is 11.6 Å². The summed E-state index contributed by atoms with van der Waals surface area (Å²) in [5, 5.41) is 0.721. The average molecular weight is 286 g/mol. The molecule has 0 radical (unpaired) electrons. The summed E-state index contributed by atoms with van der Waals surface area (Å²) in [6, 6.07) is 0. The SMILES string of the molecule is CC[NH+](CC)CCN1C(=O)[C@@H]2CC=C(Cl)C[C@H]2C1=O. The molecular weight excluding hydrogens is 264 g/mol. The van der Waals surface area contributed by atoms with Crippen molar-refractivity contribution in [2.24, 2.45) is 11.8 Å². The lowest BCUT2D eigenvalue weighted by molar-refractivity contribution is -0.895. The molecule has 0 saturated carbocycles. The summed E-state index contributed by atoms with van der Waals surface area (Å²) < 4.78 is 0. The molecule has 1 aliphatic heterocycles. The molecular formula is C14H22ClN2O2+. The second-order valence-corrected chi connectivity index (χ2v) is 5.82. The van der Waals surface area contributed by atoms with Gasteiger partial charge in [0.1, 0.15) is 0 Å². The molecule has 1 N–H and O–H groups in total. The maximum Gasteiger partial charge on any atom is 0.233 e. The third-order valence-electron chi connectivity index (χ3n) is 4.35. The van der Waals surface area contributed by atoms with Crippen LogP contribution in [0.15, 0.2) is 11.1 Å². The van der Waals surface area contributed by atoms with Gasteiger partial charge in [-0.3, -0.25) is 14.5 Å². The van der Waals surface area contributed by atoms with E-state index in [9.17, 15) is 9.59 Å². The van der Waals surface area contributed by atoms with E-state index >= 15 is 0 Å². The van der Waals surface area contributed by atoms with Gasteiger partial charge in [-0.05, 0) is 26.7 Å². The fourth-order valence-corrected chi connectivity index (χ4v) is 3.25. The number of imide groups is 1. The zero-order valence-electron chi connectivity index (χ0n) is 11.6. The van der Waals surface area contributed by atoms with Gasteiger partial charge in [-0.2, -0.15) is 0 Å². The number of likely N-dealkylation sites (N-methyl/N-ethyl adjacent to an activating group) is 1. The molecule has 0 aromatic heterocycles. The van der Waals surface area contributed by atoms with Crippen molar-refractivity contribution in [2.45, 2.75) is 26.7 Å². The number of amides is 2. The summed E-state index contributed by atoms with van der Waals surface area (Å²) in [6.07, 6.45) is 3.03. The van der Waals surface area contributed by atoms with E-state index < -0.39 is 0 Å². The fraction of sp³-hybridized carbons (Fsp3) is 0.714. The van der Waals surface area contributed by atoms with E-state index in [1.54, 1.807) is 0 Å². The number of quaternary nitrogens is 1. The summed E-state index contributed by atoms with van der Waals surface area (Å²) in [4.78, 5) is 27.4. The topological polar surface area (TPSA) is 41.8 Å². The lowest BCUT2D eigenvalue weighted by Gasteiger charge is -2.19. The number of likely N-dealkylation sites (tertiary alicyclic amines) is 1. The van der Waals surface area contributed by atoms with Gasteiger partial charge >= 0.3 is 0 Å².